The summed E-state index contributed by atoms with van der Waals surface area (Å²) in [7, 11) is 0. The van der Waals surface area contributed by atoms with Crippen LogP contribution in [0.4, 0.5) is 18.9 Å². The third kappa shape index (κ3) is 4.90. The van der Waals surface area contributed by atoms with E-state index in [0.717, 1.165) is 22.3 Å². The second kappa shape index (κ2) is 8.70. The van der Waals surface area contributed by atoms with Crippen molar-refractivity contribution in [1.82, 2.24) is 9.88 Å². The number of nitrogens with zero attached hydrogens (tertiary/aromatic N) is 3. The van der Waals surface area contributed by atoms with Crippen LogP contribution in [-0.2, 0) is 12.6 Å². The normalized spacial score (nSPS) is 14.7. The minimum absolute atomic E-state index is 0.0574. The lowest BCUT2D eigenvalue weighted by Gasteiger charge is -2.36. The van der Waals surface area contributed by atoms with Crippen molar-refractivity contribution >= 4 is 22.9 Å². The van der Waals surface area contributed by atoms with E-state index in [9.17, 15) is 18.0 Å². The number of aryl methyl sites for hydroxylation is 1. The number of hydrogen-bond acceptors (Lipinski definition) is 4. The highest BCUT2D eigenvalue weighted by Gasteiger charge is 2.31. The summed E-state index contributed by atoms with van der Waals surface area (Å²) in [4.78, 5) is 21.9. The Morgan fingerprint density at radius 1 is 1.03 bits per heavy atom. The summed E-state index contributed by atoms with van der Waals surface area (Å²) in [5, 5.41) is 0.898. The van der Waals surface area contributed by atoms with E-state index in [-0.39, 0.29) is 5.91 Å². The van der Waals surface area contributed by atoms with Crippen molar-refractivity contribution in [2.45, 2.75) is 19.5 Å². The van der Waals surface area contributed by atoms with Crippen LogP contribution in [0, 0.1) is 6.92 Å². The molecule has 1 amide bonds. The van der Waals surface area contributed by atoms with Crippen molar-refractivity contribution in [3.8, 4) is 0 Å². The van der Waals surface area contributed by atoms with Crippen LogP contribution in [0.5, 0.6) is 0 Å². The van der Waals surface area contributed by atoms with Crippen LogP contribution >= 0.6 is 11.3 Å². The maximum atomic E-state index is 13.0. The molecule has 0 spiro atoms. The maximum Gasteiger partial charge on any atom is 0.416 e. The molecule has 2 heterocycles. The molecule has 1 aromatic heterocycles. The maximum absolute atomic E-state index is 13.0. The van der Waals surface area contributed by atoms with Gasteiger partial charge in [-0.15, -0.1) is 11.3 Å². The number of amides is 1. The number of halogens is 3. The molecule has 0 bridgehead atoms. The zero-order valence-electron chi connectivity index (χ0n) is 17.0. The Morgan fingerprint density at radius 3 is 2.42 bits per heavy atom. The number of rotatable bonds is 4. The minimum Gasteiger partial charge on any atom is -0.368 e. The zero-order chi connectivity index (χ0) is 22.0. The molecule has 0 atom stereocenters. The van der Waals surface area contributed by atoms with Crippen molar-refractivity contribution in [3.05, 3.63) is 81.3 Å². The fourth-order valence-corrected chi connectivity index (χ4v) is 4.75. The van der Waals surface area contributed by atoms with Gasteiger partial charge >= 0.3 is 6.18 Å². The smallest absolute Gasteiger partial charge is 0.368 e. The summed E-state index contributed by atoms with van der Waals surface area (Å²) in [6, 6.07) is 15.3. The molecule has 4 rings (SSSR count). The van der Waals surface area contributed by atoms with Gasteiger partial charge in [-0.25, -0.2) is 4.98 Å². The predicted octanol–water partition coefficient (Wildman–Crippen LogP) is 5.02. The largest absolute Gasteiger partial charge is 0.416 e. The SMILES string of the molecule is Cc1nc(Cc2ccccc2)sc1C(=O)N1CCN(c2cccc(C(F)(F)F)c2)CC1. The Hall–Kier alpha value is -2.87. The molecule has 0 saturated carbocycles. The summed E-state index contributed by atoms with van der Waals surface area (Å²) < 4.78 is 39.0. The molecule has 1 aliphatic rings. The van der Waals surface area contributed by atoms with Gasteiger partial charge in [0.05, 0.1) is 16.3 Å². The van der Waals surface area contributed by atoms with E-state index in [2.05, 4.69) is 4.98 Å². The molecule has 3 aromatic rings. The van der Waals surface area contributed by atoms with Crippen molar-refractivity contribution in [2.24, 2.45) is 0 Å². The van der Waals surface area contributed by atoms with Gasteiger partial charge in [-0.05, 0) is 30.7 Å². The van der Waals surface area contributed by atoms with Crippen molar-refractivity contribution in [2.75, 3.05) is 31.1 Å². The topological polar surface area (TPSA) is 36.4 Å². The van der Waals surface area contributed by atoms with Crippen LogP contribution in [0.1, 0.15) is 31.5 Å². The zero-order valence-corrected chi connectivity index (χ0v) is 17.8. The first-order valence-electron chi connectivity index (χ1n) is 10.0. The van der Waals surface area contributed by atoms with Gasteiger partial charge in [0.25, 0.3) is 5.91 Å². The molecule has 162 valence electrons. The Balaban J connectivity index is 1.41. The summed E-state index contributed by atoms with van der Waals surface area (Å²) in [5.41, 5.74) is 1.74. The highest BCUT2D eigenvalue weighted by atomic mass is 32.1. The number of hydrogen-bond donors (Lipinski definition) is 0. The average molecular weight is 446 g/mol. The Bertz CT molecular complexity index is 1060. The molecule has 0 radical (unpaired) electrons. The van der Waals surface area contributed by atoms with Crippen molar-refractivity contribution in [1.29, 1.82) is 0 Å². The third-order valence-electron chi connectivity index (χ3n) is 5.34. The number of thiazole rings is 1. The molecular formula is C23H22F3N3OS. The van der Waals surface area contributed by atoms with E-state index in [1.165, 1.54) is 23.5 Å². The van der Waals surface area contributed by atoms with E-state index in [1.807, 2.05) is 42.2 Å². The van der Waals surface area contributed by atoms with Crippen LogP contribution in [0.25, 0.3) is 0 Å². The molecule has 0 unspecified atom stereocenters. The van der Waals surface area contributed by atoms with Gasteiger partial charge in [0, 0.05) is 38.3 Å². The number of benzene rings is 2. The quantitative estimate of drug-likeness (QED) is 0.566. The van der Waals surface area contributed by atoms with Gasteiger partial charge in [0.15, 0.2) is 0 Å². The van der Waals surface area contributed by atoms with Crippen molar-refractivity contribution < 1.29 is 18.0 Å². The molecule has 0 aliphatic carbocycles. The van der Waals surface area contributed by atoms with E-state index >= 15 is 0 Å². The highest BCUT2D eigenvalue weighted by molar-refractivity contribution is 7.13. The highest BCUT2D eigenvalue weighted by Crippen LogP contribution is 2.32. The fourth-order valence-electron chi connectivity index (χ4n) is 3.69. The van der Waals surface area contributed by atoms with Crippen LogP contribution in [0.15, 0.2) is 54.6 Å². The number of aromatic nitrogens is 1. The summed E-state index contributed by atoms with van der Waals surface area (Å²) in [5.74, 6) is -0.0574. The lowest BCUT2D eigenvalue weighted by Crippen LogP contribution is -2.48. The number of carbonyl (C=O) groups is 1. The number of anilines is 1. The molecule has 31 heavy (non-hydrogen) atoms. The second-order valence-corrected chi connectivity index (χ2v) is 8.60. The summed E-state index contributed by atoms with van der Waals surface area (Å²) in [6.07, 6.45) is -3.68. The van der Waals surface area contributed by atoms with Gasteiger partial charge in [0.2, 0.25) is 0 Å². The van der Waals surface area contributed by atoms with Gasteiger partial charge in [-0.3, -0.25) is 4.79 Å². The first-order chi connectivity index (χ1) is 14.8. The summed E-state index contributed by atoms with van der Waals surface area (Å²) >= 11 is 1.42. The van der Waals surface area contributed by atoms with E-state index in [0.29, 0.717) is 43.2 Å². The van der Waals surface area contributed by atoms with Gasteiger partial charge in [0.1, 0.15) is 4.88 Å². The molecule has 1 aliphatic heterocycles. The Labute approximate surface area is 182 Å². The molecule has 2 aromatic carbocycles. The van der Waals surface area contributed by atoms with Crippen LogP contribution in [-0.4, -0.2) is 42.0 Å². The average Bonchev–Trinajstić information content (AvgIpc) is 3.13. The molecule has 0 N–H and O–H groups in total. The molecule has 1 saturated heterocycles. The minimum atomic E-state index is -4.37. The molecule has 4 nitrogen and oxygen atoms in total. The standard InChI is InChI=1S/C23H22F3N3OS/c1-16-21(31-20(27-16)14-17-6-3-2-4-7-17)22(30)29-12-10-28(11-13-29)19-9-5-8-18(15-19)23(24,25)26/h2-9,15H,10-14H2,1H3. The Morgan fingerprint density at radius 2 is 1.74 bits per heavy atom. The van der Waals surface area contributed by atoms with Gasteiger partial charge < -0.3 is 9.80 Å². The van der Waals surface area contributed by atoms with Crippen LogP contribution in [0.2, 0.25) is 0 Å². The molecule has 1 fully saturated rings. The molecule has 8 heteroatoms. The van der Waals surface area contributed by atoms with Gasteiger partial charge in [-0.1, -0.05) is 36.4 Å². The molecular weight excluding hydrogens is 423 g/mol. The first-order valence-corrected chi connectivity index (χ1v) is 10.8. The lowest BCUT2D eigenvalue weighted by atomic mass is 10.1. The third-order valence-corrected chi connectivity index (χ3v) is 6.48. The predicted molar refractivity (Wildman–Crippen MR) is 116 cm³/mol. The van der Waals surface area contributed by atoms with Gasteiger partial charge in [-0.2, -0.15) is 13.2 Å². The number of alkyl halides is 3. The van der Waals surface area contributed by atoms with E-state index in [4.69, 9.17) is 0 Å². The first kappa shape index (κ1) is 21.4. The fraction of sp³-hybridized carbons (Fsp3) is 0.304. The van der Waals surface area contributed by atoms with E-state index in [1.54, 1.807) is 11.0 Å². The monoisotopic (exact) mass is 445 g/mol. The number of carbonyl (C=O) groups excluding carboxylic acids is 1. The number of piperazine rings is 1. The second-order valence-electron chi connectivity index (χ2n) is 7.51. The Kier molecular flexibility index (Phi) is 6.00. The van der Waals surface area contributed by atoms with Crippen LogP contribution < -0.4 is 4.90 Å². The van der Waals surface area contributed by atoms with Crippen LogP contribution in [0.3, 0.4) is 0 Å². The van der Waals surface area contributed by atoms with Crippen molar-refractivity contribution in [3.63, 3.8) is 0 Å². The lowest BCUT2D eigenvalue weighted by molar-refractivity contribution is -0.137. The van der Waals surface area contributed by atoms with E-state index < -0.39 is 11.7 Å². The summed E-state index contributed by atoms with van der Waals surface area (Å²) in [6.45, 7) is 3.74.